The summed E-state index contributed by atoms with van der Waals surface area (Å²) in [5, 5.41) is 12.5. The number of ether oxygens (including phenoxy) is 2. The number of piperazine rings is 1. The van der Waals surface area contributed by atoms with E-state index in [2.05, 4.69) is 5.32 Å². The Kier molecular flexibility index (Phi) is 5.63. The van der Waals surface area contributed by atoms with E-state index in [1.54, 1.807) is 12.0 Å². The zero-order valence-corrected chi connectivity index (χ0v) is 13.5. The molecule has 8 heteroatoms. The number of hydrogen-bond donors (Lipinski definition) is 1. The second-order valence-electron chi connectivity index (χ2n) is 5.49. The highest BCUT2D eigenvalue weighted by Crippen LogP contribution is 2.41. The molecule has 1 fully saturated rings. The van der Waals surface area contributed by atoms with Gasteiger partial charge in [-0.3, -0.25) is 0 Å². The number of nitriles is 1. The lowest BCUT2D eigenvalue weighted by Gasteiger charge is -2.37. The van der Waals surface area contributed by atoms with Crippen molar-refractivity contribution < 1.29 is 18.3 Å². The maximum absolute atomic E-state index is 14.4. The van der Waals surface area contributed by atoms with Gasteiger partial charge >= 0.3 is 0 Å². The number of rotatable bonds is 2. The first-order chi connectivity index (χ1) is 10.7. The summed E-state index contributed by atoms with van der Waals surface area (Å²) < 4.78 is 39.2. The van der Waals surface area contributed by atoms with Crippen LogP contribution < -0.4 is 15.0 Å². The van der Waals surface area contributed by atoms with E-state index in [4.69, 9.17) is 9.47 Å². The van der Waals surface area contributed by atoms with E-state index in [1.807, 2.05) is 6.07 Å². The smallest absolute Gasteiger partial charge is 0.185 e. The Hall–Kier alpha value is -1.62. The summed E-state index contributed by atoms with van der Waals surface area (Å²) in [6, 6.07) is 2.75. The van der Waals surface area contributed by atoms with E-state index < -0.39 is 11.6 Å². The highest BCUT2D eigenvalue weighted by atomic mass is 35.5. The van der Waals surface area contributed by atoms with Gasteiger partial charge in [-0.1, -0.05) is 0 Å². The standard InChI is InChI=1S/C15H17F2N3O2.ClH/c1-21-8-11-5-10-7-19-2-3-20(10)14-13(17)12(16)4-9(6-18)15(14)22-11;/h4,10-11,19H,2-3,5,7-8H2,1H3;1H. The normalized spacial score (nSPS) is 22.8. The van der Waals surface area contributed by atoms with Crippen molar-refractivity contribution in [1.82, 2.24) is 5.32 Å². The van der Waals surface area contributed by atoms with Gasteiger partial charge in [0.15, 0.2) is 17.4 Å². The van der Waals surface area contributed by atoms with Crippen LogP contribution in [0.5, 0.6) is 5.75 Å². The van der Waals surface area contributed by atoms with Gasteiger partial charge < -0.3 is 19.7 Å². The van der Waals surface area contributed by atoms with E-state index in [-0.39, 0.29) is 41.6 Å². The van der Waals surface area contributed by atoms with E-state index >= 15 is 0 Å². The van der Waals surface area contributed by atoms with Gasteiger partial charge in [-0.25, -0.2) is 8.78 Å². The first-order valence-corrected chi connectivity index (χ1v) is 7.20. The third-order valence-corrected chi connectivity index (χ3v) is 4.08. The molecule has 1 aromatic carbocycles. The van der Waals surface area contributed by atoms with Crippen LogP contribution in [0.15, 0.2) is 6.07 Å². The summed E-state index contributed by atoms with van der Waals surface area (Å²) in [5.74, 6) is -1.87. The molecule has 1 N–H and O–H groups in total. The van der Waals surface area contributed by atoms with E-state index in [9.17, 15) is 14.0 Å². The molecule has 2 aliphatic heterocycles. The molecule has 1 saturated heterocycles. The Balaban J connectivity index is 0.00000192. The van der Waals surface area contributed by atoms with Crippen molar-refractivity contribution in [3.8, 4) is 11.8 Å². The number of halogens is 3. The molecule has 126 valence electrons. The lowest BCUT2D eigenvalue weighted by molar-refractivity contribution is 0.0743. The van der Waals surface area contributed by atoms with Crippen LogP contribution in [-0.2, 0) is 4.74 Å². The molecule has 23 heavy (non-hydrogen) atoms. The molecular formula is C15H18ClF2N3O2. The van der Waals surface area contributed by atoms with Gasteiger partial charge in [-0.2, -0.15) is 5.26 Å². The molecule has 0 amide bonds. The van der Waals surface area contributed by atoms with Crippen molar-refractivity contribution in [2.75, 3.05) is 38.3 Å². The predicted octanol–water partition coefficient (Wildman–Crippen LogP) is 1.83. The summed E-state index contributed by atoms with van der Waals surface area (Å²) >= 11 is 0. The van der Waals surface area contributed by atoms with Gasteiger partial charge in [0.1, 0.15) is 17.9 Å². The lowest BCUT2D eigenvalue weighted by atomic mass is 10.0. The van der Waals surface area contributed by atoms with E-state index in [1.165, 1.54) is 0 Å². The van der Waals surface area contributed by atoms with Crippen molar-refractivity contribution in [1.29, 1.82) is 5.26 Å². The molecule has 0 bridgehead atoms. The molecule has 2 aliphatic rings. The molecular weight excluding hydrogens is 328 g/mol. The summed E-state index contributed by atoms with van der Waals surface area (Å²) in [6.07, 6.45) is 0.303. The second-order valence-corrected chi connectivity index (χ2v) is 5.49. The van der Waals surface area contributed by atoms with Crippen LogP contribution in [0.25, 0.3) is 0 Å². The Morgan fingerprint density at radius 1 is 1.52 bits per heavy atom. The third-order valence-electron chi connectivity index (χ3n) is 4.08. The second kappa shape index (κ2) is 7.30. The van der Waals surface area contributed by atoms with Crippen molar-refractivity contribution in [2.24, 2.45) is 0 Å². The Labute approximate surface area is 139 Å². The average Bonchev–Trinajstić information content (AvgIpc) is 2.68. The zero-order valence-electron chi connectivity index (χ0n) is 12.6. The Morgan fingerprint density at radius 2 is 2.30 bits per heavy atom. The maximum Gasteiger partial charge on any atom is 0.185 e. The van der Waals surface area contributed by atoms with Gasteiger partial charge in [0.2, 0.25) is 0 Å². The van der Waals surface area contributed by atoms with Gasteiger partial charge in [0.05, 0.1) is 12.2 Å². The topological polar surface area (TPSA) is 57.5 Å². The molecule has 0 aromatic heterocycles. The monoisotopic (exact) mass is 345 g/mol. The minimum absolute atomic E-state index is 0. The number of anilines is 1. The van der Waals surface area contributed by atoms with Crippen LogP contribution in [-0.4, -0.2) is 45.5 Å². The van der Waals surface area contributed by atoms with E-state index in [0.717, 1.165) is 6.07 Å². The predicted molar refractivity (Wildman–Crippen MR) is 83.2 cm³/mol. The van der Waals surface area contributed by atoms with Crippen LogP contribution in [0.3, 0.4) is 0 Å². The molecule has 2 atom stereocenters. The van der Waals surface area contributed by atoms with Gasteiger partial charge in [-0.15, -0.1) is 12.4 Å². The molecule has 2 heterocycles. The fraction of sp³-hybridized carbons (Fsp3) is 0.533. The number of methoxy groups -OCH3 is 1. The molecule has 3 rings (SSSR count). The fourth-order valence-corrected chi connectivity index (χ4v) is 3.13. The quantitative estimate of drug-likeness (QED) is 0.886. The van der Waals surface area contributed by atoms with E-state index in [0.29, 0.717) is 32.7 Å². The number of fused-ring (bicyclic) bond motifs is 3. The minimum atomic E-state index is -1.03. The van der Waals surface area contributed by atoms with Crippen LogP contribution >= 0.6 is 12.4 Å². The summed E-state index contributed by atoms with van der Waals surface area (Å²) in [4.78, 5) is 1.81. The molecule has 0 saturated carbocycles. The first kappa shape index (κ1) is 17.7. The largest absolute Gasteiger partial charge is 0.484 e. The molecule has 1 aromatic rings. The Morgan fingerprint density at radius 3 is 3.00 bits per heavy atom. The van der Waals surface area contributed by atoms with Crippen LogP contribution in [0.4, 0.5) is 14.5 Å². The molecule has 0 radical (unpaired) electrons. The number of nitrogens with one attached hydrogen (secondary N) is 1. The van der Waals surface area contributed by atoms with Crippen LogP contribution in [0, 0.1) is 23.0 Å². The van der Waals surface area contributed by atoms with Crippen LogP contribution in [0.1, 0.15) is 12.0 Å². The van der Waals surface area contributed by atoms with Gasteiger partial charge in [0, 0.05) is 39.2 Å². The fourth-order valence-electron chi connectivity index (χ4n) is 3.13. The SMILES string of the molecule is COCC1CC2CNCCN2c2c(F)c(F)cc(C#N)c2O1.Cl. The number of benzene rings is 1. The van der Waals surface area contributed by atoms with Crippen molar-refractivity contribution >= 4 is 18.1 Å². The average molecular weight is 346 g/mol. The van der Waals surface area contributed by atoms with Gasteiger partial charge in [0.25, 0.3) is 0 Å². The summed E-state index contributed by atoms with van der Waals surface area (Å²) in [7, 11) is 1.56. The maximum atomic E-state index is 14.4. The minimum Gasteiger partial charge on any atom is -0.484 e. The molecule has 0 aliphatic carbocycles. The summed E-state index contributed by atoms with van der Waals surface area (Å²) in [6.45, 7) is 2.18. The van der Waals surface area contributed by atoms with Crippen LogP contribution in [0.2, 0.25) is 0 Å². The van der Waals surface area contributed by atoms with Crippen molar-refractivity contribution in [3.63, 3.8) is 0 Å². The molecule has 0 spiro atoms. The number of hydrogen-bond acceptors (Lipinski definition) is 5. The van der Waals surface area contributed by atoms with Gasteiger partial charge in [-0.05, 0) is 6.07 Å². The Bertz CT molecular complexity index is 624. The van der Waals surface area contributed by atoms with Crippen molar-refractivity contribution in [2.45, 2.75) is 18.6 Å². The molecule has 2 unspecified atom stereocenters. The lowest BCUT2D eigenvalue weighted by Crippen LogP contribution is -2.52. The number of nitrogens with zero attached hydrogens (tertiary/aromatic N) is 2. The first-order valence-electron chi connectivity index (χ1n) is 7.20. The molecule has 5 nitrogen and oxygen atoms in total. The summed E-state index contributed by atoms with van der Waals surface area (Å²) in [5.41, 5.74) is 0.0656. The highest BCUT2D eigenvalue weighted by molar-refractivity contribution is 5.85. The zero-order chi connectivity index (χ0) is 15.7. The highest BCUT2D eigenvalue weighted by Gasteiger charge is 2.36. The van der Waals surface area contributed by atoms with Crippen molar-refractivity contribution in [3.05, 3.63) is 23.3 Å². The third kappa shape index (κ3) is 3.20.